The average molecular weight is 468 g/mol. The second-order valence-electron chi connectivity index (χ2n) is 8.42. The predicted molar refractivity (Wildman–Crippen MR) is 117 cm³/mol. The molecule has 0 radical (unpaired) electrons. The van der Waals surface area contributed by atoms with E-state index >= 15 is 0 Å². The molecule has 1 aromatic rings. The van der Waals surface area contributed by atoms with E-state index in [-0.39, 0.29) is 12.3 Å². The second-order valence-corrected chi connectivity index (χ2v) is 8.42. The third-order valence-electron chi connectivity index (χ3n) is 4.85. The number of nitrogens with two attached hydrogens (primary N) is 2. The largest absolute Gasteiger partial charge is 0.480 e. The predicted octanol–water partition coefficient (Wildman–Crippen LogP) is -1.99. The van der Waals surface area contributed by atoms with Gasteiger partial charge in [-0.15, -0.1) is 0 Å². The summed E-state index contributed by atoms with van der Waals surface area (Å²) >= 11 is 0. The Kier molecular flexibility index (Phi) is 10.5. The normalized spacial score (nSPS) is 14.8. The molecule has 1 aromatic heterocycles. The van der Waals surface area contributed by atoms with Gasteiger partial charge in [0.05, 0.1) is 18.8 Å². The van der Waals surface area contributed by atoms with Gasteiger partial charge in [-0.25, -0.2) is 9.78 Å². The summed E-state index contributed by atoms with van der Waals surface area (Å²) in [5.41, 5.74) is 11.6. The number of carbonyl (C=O) groups is 5. The first-order valence-corrected chi connectivity index (χ1v) is 10.5. The van der Waals surface area contributed by atoms with Crippen LogP contribution in [0.2, 0.25) is 0 Å². The lowest BCUT2D eigenvalue weighted by Gasteiger charge is -2.28. The summed E-state index contributed by atoms with van der Waals surface area (Å²) in [5, 5.41) is 16.6. The number of carbonyl (C=O) groups excluding carboxylic acids is 4. The number of primary amides is 1. The molecule has 4 atom stereocenters. The van der Waals surface area contributed by atoms with Gasteiger partial charge in [-0.1, -0.05) is 27.7 Å². The minimum Gasteiger partial charge on any atom is -0.480 e. The van der Waals surface area contributed by atoms with Crippen molar-refractivity contribution in [3.8, 4) is 0 Å². The van der Waals surface area contributed by atoms with Gasteiger partial charge in [-0.3, -0.25) is 19.2 Å². The van der Waals surface area contributed by atoms with Crippen molar-refractivity contribution < 1.29 is 29.1 Å². The van der Waals surface area contributed by atoms with Crippen LogP contribution in [0, 0.1) is 11.8 Å². The third kappa shape index (κ3) is 8.88. The van der Waals surface area contributed by atoms with Crippen LogP contribution < -0.4 is 27.4 Å². The number of rotatable bonds is 13. The lowest BCUT2D eigenvalue weighted by Crippen LogP contribution is -2.59. The summed E-state index contributed by atoms with van der Waals surface area (Å²) in [6.07, 6.45) is 2.58. The number of nitrogens with zero attached hydrogens (tertiary/aromatic N) is 1. The first kappa shape index (κ1) is 27.6. The average Bonchev–Trinajstić information content (AvgIpc) is 3.21. The van der Waals surface area contributed by atoms with Crippen molar-refractivity contribution in [1.82, 2.24) is 25.9 Å². The molecule has 4 amide bonds. The zero-order chi connectivity index (χ0) is 25.3. The summed E-state index contributed by atoms with van der Waals surface area (Å²) in [4.78, 5) is 67.2. The number of aromatic nitrogens is 2. The number of imidazole rings is 1. The van der Waals surface area contributed by atoms with Crippen LogP contribution in [0.5, 0.6) is 0 Å². The van der Waals surface area contributed by atoms with Crippen molar-refractivity contribution in [3.05, 3.63) is 18.2 Å². The molecule has 0 spiro atoms. The van der Waals surface area contributed by atoms with Gasteiger partial charge in [0.25, 0.3) is 0 Å². The van der Waals surface area contributed by atoms with E-state index in [1.807, 2.05) is 0 Å². The molecule has 4 unspecified atom stereocenters. The molecule has 1 heterocycles. The Morgan fingerprint density at radius 3 is 1.91 bits per heavy atom. The molecular formula is C20H33N7O6. The van der Waals surface area contributed by atoms with E-state index in [4.69, 9.17) is 11.5 Å². The van der Waals surface area contributed by atoms with E-state index in [0.717, 1.165) is 0 Å². The molecule has 13 nitrogen and oxygen atoms in total. The quantitative estimate of drug-likeness (QED) is 0.171. The molecule has 184 valence electrons. The molecule has 0 aromatic carbocycles. The van der Waals surface area contributed by atoms with E-state index in [1.54, 1.807) is 27.7 Å². The van der Waals surface area contributed by atoms with Gasteiger partial charge in [0.2, 0.25) is 23.6 Å². The van der Waals surface area contributed by atoms with Gasteiger partial charge in [0, 0.05) is 18.3 Å². The highest BCUT2D eigenvalue weighted by Gasteiger charge is 2.33. The monoisotopic (exact) mass is 467 g/mol. The Morgan fingerprint density at radius 2 is 1.48 bits per heavy atom. The summed E-state index contributed by atoms with van der Waals surface area (Å²) in [6, 6.07) is -4.59. The van der Waals surface area contributed by atoms with Crippen molar-refractivity contribution in [2.45, 2.75) is 64.7 Å². The molecule has 0 aliphatic rings. The molecule has 0 bridgehead atoms. The molecule has 0 fully saturated rings. The Labute approximate surface area is 191 Å². The van der Waals surface area contributed by atoms with Gasteiger partial charge in [0.15, 0.2) is 0 Å². The number of hydrogen-bond donors (Lipinski definition) is 7. The number of H-pyrrole nitrogens is 1. The van der Waals surface area contributed by atoms with Crippen LogP contribution in [0.1, 0.15) is 39.8 Å². The second kappa shape index (κ2) is 12.5. The van der Waals surface area contributed by atoms with Gasteiger partial charge in [-0.2, -0.15) is 0 Å². The number of carboxylic acid groups (broad SMARTS) is 1. The Hall–Kier alpha value is -3.48. The number of aromatic amines is 1. The van der Waals surface area contributed by atoms with Crippen molar-refractivity contribution >= 4 is 29.6 Å². The molecule has 1 rings (SSSR count). The van der Waals surface area contributed by atoms with Crippen molar-refractivity contribution in [3.63, 3.8) is 0 Å². The smallest absolute Gasteiger partial charge is 0.326 e. The lowest BCUT2D eigenvalue weighted by atomic mass is 9.98. The van der Waals surface area contributed by atoms with Crippen LogP contribution in [-0.4, -0.2) is 68.8 Å². The van der Waals surface area contributed by atoms with Gasteiger partial charge < -0.3 is 37.5 Å². The molecule has 33 heavy (non-hydrogen) atoms. The maximum absolute atomic E-state index is 12.9. The molecular weight excluding hydrogens is 434 g/mol. The molecule has 13 heteroatoms. The number of amides is 4. The summed E-state index contributed by atoms with van der Waals surface area (Å²) in [5.74, 6) is -5.10. The van der Waals surface area contributed by atoms with Crippen LogP contribution in [0.15, 0.2) is 12.5 Å². The van der Waals surface area contributed by atoms with E-state index in [2.05, 4.69) is 25.9 Å². The number of hydrogen-bond acceptors (Lipinski definition) is 7. The van der Waals surface area contributed by atoms with E-state index in [0.29, 0.717) is 5.69 Å². The van der Waals surface area contributed by atoms with Crippen molar-refractivity contribution in [2.24, 2.45) is 23.3 Å². The van der Waals surface area contributed by atoms with E-state index in [9.17, 15) is 29.1 Å². The number of aliphatic carboxylic acids is 1. The highest BCUT2D eigenvalue weighted by Crippen LogP contribution is 2.08. The zero-order valence-electron chi connectivity index (χ0n) is 19.1. The highest BCUT2D eigenvalue weighted by molar-refractivity contribution is 5.95. The first-order chi connectivity index (χ1) is 15.3. The summed E-state index contributed by atoms with van der Waals surface area (Å²) < 4.78 is 0. The fraction of sp³-hybridized carbons (Fsp3) is 0.600. The van der Waals surface area contributed by atoms with Gasteiger partial charge >= 0.3 is 5.97 Å². The van der Waals surface area contributed by atoms with E-state index < -0.39 is 66.1 Å². The Balaban J connectivity index is 2.87. The minimum atomic E-state index is -1.53. The minimum absolute atomic E-state index is 0.186. The molecule has 0 saturated heterocycles. The maximum atomic E-state index is 12.9. The van der Waals surface area contributed by atoms with Crippen molar-refractivity contribution in [1.29, 1.82) is 0 Å². The first-order valence-electron chi connectivity index (χ1n) is 10.5. The van der Waals surface area contributed by atoms with Gasteiger partial charge in [0.1, 0.15) is 18.1 Å². The maximum Gasteiger partial charge on any atom is 0.326 e. The number of carboxylic acids is 1. The van der Waals surface area contributed by atoms with E-state index in [1.165, 1.54) is 12.5 Å². The summed E-state index contributed by atoms with van der Waals surface area (Å²) in [6.45, 7) is 6.72. The lowest BCUT2D eigenvalue weighted by molar-refractivity contribution is -0.144. The topological polar surface area (TPSA) is 222 Å². The molecule has 0 aliphatic carbocycles. The van der Waals surface area contributed by atoms with Crippen LogP contribution in [0.3, 0.4) is 0 Å². The standard InChI is InChI=1S/C20H33N7O6/c1-9(2)15(18(30)25-13(20(32)33)6-14(22)28)27-19(31)16(10(3)4)26-17(29)12(21)5-11-7-23-8-24-11/h7-10,12-13,15-16H,5-6,21H2,1-4H3,(H2,22,28)(H,23,24)(H,25,30)(H,26,29)(H,27,31)(H,32,33). The SMILES string of the molecule is CC(C)C(NC(=O)C(N)Cc1cnc[nH]1)C(=O)NC(C(=O)NC(CC(N)=O)C(=O)O)C(C)C. The summed E-state index contributed by atoms with van der Waals surface area (Å²) in [7, 11) is 0. The Morgan fingerprint density at radius 1 is 0.970 bits per heavy atom. The van der Waals surface area contributed by atoms with Crippen LogP contribution in [-0.2, 0) is 30.4 Å². The van der Waals surface area contributed by atoms with Crippen LogP contribution in [0.4, 0.5) is 0 Å². The third-order valence-corrected chi connectivity index (χ3v) is 4.85. The van der Waals surface area contributed by atoms with Crippen molar-refractivity contribution in [2.75, 3.05) is 0 Å². The highest BCUT2D eigenvalue weighted by atomic mass is 16.4. The molecule has 9 N–H and O–H groups in total. The molecule has 0 aliphatic heterocycles. The molecule has 0 saturated carbocycles. The fourth-order valence-electron chi connectivity index (χ4n) is 2.96. The zero-order valence-corrected chi connectivity index (χ0v) is 19.1. The van der Waals surface area contributed by atoms with Crippen LogP contribution >= 0.6 is 0 Å². The Bertz CT molecular complexity index is 840. The fourth-order valence-corrected chi connectivity index (χ4v) is 2.96. The number of nitrogens with one attached hydrogen (secondary N) is 4. The van der Waals surface area contributed by atoms with Crippen LogP contribution in [0.25, 0.3) is 0 Å². The van der Waals surface area contributed by atoms with Gasteiger partial charge in [-0.05, 0) is 11.8 Å².